The third-order valence-corrected chi connectivity index (χ3v) is 5.74. The Morgan fingerprint density at radius 2 is 1.81 bits per heavy atom. The van der Waals surface area contributed by atoms with Crippen LogP contribution in [0.3, 0.4) is 0 Å². The first kappa shape index (κ1) is 16.5. The first-order valence-corrected chi connectivity index (χ1v) is 9.55. The summed E-state index contributed by atoms with van der Waals surface area (Å²) in [6, 6.07) is 10.8. The van der Waals surface area contributed by atoms with Crippen molar-refractivity contribution in [1.29, 1.82) is 0 Å². The average molecular weight is 310 g/mol. The third-order valence-electron chi connectivity index (χ3n) is 4.13. The Labute approximate surface area is 128 Å². The predicted molar refractivity (Wildman–Crippen MR) is 87.1 cm³/mol. The summed E-state index contributed by atoms with van der Waals surface area (Å²) in [7, 11) is -2.79. The van der Waals surface area contributed by atoms with Gasteiger partial charge in [0.1, 0.15) is 0 Å². The van der Waals surface area contributed by atoms with Crippen molar-refractivity contribution in [2.45, 2.75) is 19.9 Å². The van der Waals surface area contributed by atoms with Crippen LogP contribution in [-0.2, 0) is 9.84 Å². The van der Waals surface area contributed by atoms with Gasteiger partial charge in [-0.1, -0.05) is 44.2 Å². The van der Waals surface area contributed by atoms with Gasteiger partial charge in [0, 0.05) is 25.7 Å². The van der Waals surface area contributed by atoms with E-state index in [4.69, 9.17) is 0 Å². The highest BCUT2D eigenvalue weighted by Gasteiger charge is 2.25. The molecule has 0 spiro atoms. The number of nitrogens with one attached hydrogen (secondary N) is 1. The molecule has 1 fully saturated rings. The lowest BCUT2D eigenvalue weighted by molar-refractivity contribution is 0.225. The minimum atomic E-state index is -2.79. The smallest absolute Gasteiger partial charge is 0.152 e. The number of hydrogen-bond acceptors (Lipinski definition) is 4. The molecule has 2 rings (SSSR count). The van der Waals surface area contributed by atoms with Gasteiger partial charge >= 0.3 is 0 Å². The topological polar surface area (TPSA) is 49.4 Å². The van der Waals surface area contributed by atoms with Crippen LogP contribution in [0, 0.1) is 5.92 Å². The lowest BCUT2D eigenvalue weighted by atomic mass is 9.94. The van der Waals surface area contributed by atoms with Gasteiger partial charge in [-0.15, -0.1) is 0 Å². The highest BCUT2D eigenvalue weighted by atomic mass is 32.2. The standard InChI is InChI=1S/C16H26N2O2S/c1-3-17-16(15-7-5-4-6-8-15)14(2)13-18-9-11-21(19,20)12-10-18/h4-8,14,16-17H,3,9-13H2,1-2H3. The molecule has 2 unspecified atom stereocenters. The molecular formula is C16H26N2O2S. The molecule has 0 saturated carbocycles. The van der Waals surface area contributed by atoms with E-state index in [0.29, 0.717) is 36.6 Å². The van der Waals surface area contributed by atoms with Crippen LogP contribution in [0.4, 0.5) is 0 Å². The molecule has 0 aliphatic carbocycles. The van der Waals surface area contributed by atoms with Crippen LogP contribution in [-0.4, -0.2) is 51.0 Å². The zero-order valence-electron chi connectivity index (χ0n) is 13.0. The van der Waals surface area contributed by atoms with Gasteiger partial charge in [0.25, 0.3) is 0 Å². The van der Waals surface area contributed by atoms with Crippen LogP contribution >= 0.6 is 0 Å². The summed E-state index contributed by atoms with van der Waals surface area (Å²) >= 11 is 0. The summed E-state index contributed by atoms with van der Waals surface area (Å²) in [5.74, 6) is 1.04. The Morgan fingerprint density at radius 1 is 1.19 bits per heavy atom. The fourth-order valence-electron chi connectivity index (χ4n) is 2.97. The van der Waals surface area contributed by atoms with E-state index in [2.05, 4.69) is 48.3 Å². The molecule has 0 bridgehead atoms. The second-order valence-electron chi connectivity index (χ2n) is 5.88. The molecule has 0 amide bonds. The maximum atomic E-state index is 11.5. The van der Waals surface area contributed by atoms with Crippen molar-refractivity contribution in [2.75, 3.05) is 37.7 Å². The monoisotopic (exact) mass is 310 g/mol. The van der Waals surface area contributed by atoms with Crippen LogP contribution in [0.15, 0.2) is 30.3 Å². The zero-order valence-corrected chi connectivity index (χ0v) is 13.8. The lowest BCUT2D eigenvalue weighted by Gasteiger charge is -2.33. The number of benzene rings is 1. The highest BCUT2D eigenvalue weighted by Crippen LogP contribution is 2.23. The predicted octanol–water partition coefficient (Wildman–Crippen LogP) is 1.70. The van der Waals surface area contributed by atoms with E-state index in [1.165, 1.54) is 5.56 Å². The van der Waals surface area contributed by atoms with E-state index in [1.807, 2.05) is 6.07 Å². The molecule has 0 aromatic heterocycles. The molecule has 1 saturated heterocycles. The Kier molecular flexibility index (Phi) is 5.79. The van der Waals surface area contributed by atoms with Crippen LogP contribution in [0.5, 0.6) is 0 Å². The van der Waals surface area contributed by atoms with E-state index in [9.17, 15) is 8.42 Å². The summed E-state index contributed by atoms with van der Waals surface area (Å²) in [6.45, 7) is 7.56. The van der Waals surface area contributed by atoms with Crippen LogP contribution < -0.4 is 5.32 Å². The molecule has 1 aromatic carbocycles. The molecule has 1 aliphatic rings. The first-order valence-electron chi connectivity index (χ1n) is 7.73. The van der Waals surface area contributed by atoms with Crippen molar-refractivity contribution < 1.29 is 8.42 Å². The molecule has 5 heteroatoms. The Morgan fingerprint density at radius 3 is 2.38 bits per heavy atom. The molecular weight excluding hydrogens is 284 g/mol. The van der Waals surface area contributed by atoms with Crippen molar-refractivity contribution in [3.8, 4) is 0 Å². The molecule has 0 radical (unpaired) electrons. The van der Waals surface area contributed by atoms with Crippen LogP contribution in [0.1, 0.15) is 25.5 Å². The fraction of sp³-hybridized carbons (Fsp3) is 0.625. The maximum absolute atomic E-state index is 11.5. The van der Waals surface area contributed by atoms with Gasteiger partial charge in [0.15, 0.2) is 9.84 Å². The van der Waals surface area contributed by atoms with Crippen LogP contribution in [0.2, 0.25) is 0 Å². The molecule has 1 aromatic rings. The number of hydrogen-bond donors (Lipinski definition) is 1. The summed E-state index contributed by atoms with van der Waals surface area (Å²) in [4.78, 5) is 2.28. The summed E-state index contributed by atoms with van der Waals surface area (Å²) in [6.07, 6.45) is 0. The molecule has 1 aliphatic heterocycles. The number of rotatable bonds is 6. The van der Waals surface area contributed by atoms with Gasteiger partial charge in [-0.2, -0.15) is 0 Å². The van der Waals surface area contributed by atoms with Crippen molar-refractivity contribution in [3.63, 3.8) is 0 Å². The minimum Gasteiger partial charge on any atom is -0.310 e. The van der Waals surface area contributed by atoms with Crippen molar-refractivity contribution >= 4 is 9.84 Å². The van der Waals surface area contributed by atoms with Gasteiger partial charge in [-0.3, -0.25) is 0 Å². The minimum absolute atomic E-state index is 0.303. The van der Waals surface area contributed by atoms with Crippen LogP contribution in [0.25, 0.3) is 0 Å². The van der Waals surface area contributed by atoms with Gasteiger partial charge in [0.2, 0.25) is 0 Å². The van der Waals surface area contributed by atoms with Gasteiger partial charge < -0.3 is 10.2 Å². The van der Waals surface area contributed by atoms with Gasteiger partial charge in [-0.25, -0.2) is 8.42 Å². The normalized spacial score (nSPS) is 21.8. The average Bonchev–Trinajstić information content (AvgIpc) is 2.48. The molecule has 1 heterocycles. The second-order valence-corrected chi connectivity index (χ2v) is 8.18. The van der Waals surface area contributed by atoms with E-state index < -0.39 is 9.84 Å². The number of sulfone groups is 1. The third kappa shape index (κ3) is 4.80. The first-order chi connectivity index (χ1) is 10.0. The molecule has 1 N–H and O–H groups in total. The Hall–Kier alpha value is -0.910. The van der Waals surface area contributed by atoms with Crippen molar-refractivity contribution in [3.05, 3.63) is 35.9 Å². The summed E-state index contributed by atoms with van der Waals surface area (Å²) < 4.78 is 23.0. The Balaban J connectivity index is 1.98. The fourth-order valence-corrected chi connectivity index (χ4v) is 4.25. The van der Waals surface area contributed by atoms with Gasteiger partial charge in [-0.05, 0) is 18.0 Å². The summed E-state index contributed by atoms with van der Waals surface area (Å²) in [5.41, 5.74) is 1.30. The Bertz CT molecular complexity index is 516. The second kappa shape index (κ2) is 7.38. The van der Waals surface area contributed by atoms with Crippen molar-refractivity contribution in [1.82, 2.24) is 10.2 Å². The maximum Gasteiger partial charge on any atom is 0.152 e. The lowest BCUT2D eigenvalue weighted by Crippen LogP contribution is -2.44. The van der Waals surface area contributed by atoms with E-state index >= 15 is 0 Å². The van der Waals surface area contributed by atoms with E-state index in [-0.39, 0.29) is 0 Å². The highest BCUT2D eigenvalue weighted by molar-refractivity contribution is 7.91. The molecule has 21 heavy (non-hydrogen) atoms. The molecule has 2 atom stereocenters. The van der Waals surface area contributed by atoms with Gasteiger partial charge in [0.05, 0.1) is 11.5 Å². The largest absolute Gasteiger partial charge is 0.310 e. The SMILES string of the molecule is CCNC(c1ccccc1)C(C)CN1CCS(=O)(=O)CC1. The molecule has 4 nitrogen and oxygen atoms in total. The zero-order chi connectivity index (χ0) is 15.3. The van der Waals surface area contributed by atoms with Crippen molar-refractivity contribution in [2.24, 2.45) is 5.92 Å². The quantitative estimate of drug-likeness (QED) is 0.869. The summed E-state index contributed by atoms with van der Waals surface area (Å²) in [5, 5.41) is 3.56. The van der Waals surface area contributed by atoms with E-state index in [1.54, 1.807) is 0 Å². The number of nitrogens with zero attached hydrogens (tertiary/aromatic N) is 1. The molecule has 118 valence electrons. The van der Waals surface area contributed by atoms with E-state index in [0.717, 1.165) is 13.1 Å².